The Morgan fingerprint density at radius 3 is 2.19 bits per heavy atom. The third-order valence-electron chi connectivity index (χ3n) is 4.29. The van der Waals surface area contributed by atoms with Gasteiger partial charge in [-0.3, -0.25) is 4.79 Å². The van der Waals surface area contributed by atoms with Gasteiger partial charge in [0.15, 0.2) is 0 Å². The molecule has 0 N–H and O–H groups in total. The molecule has 0 fully saturated rings. The fourth-order valence-corrected chi connectivity index (χ4v) is 3.21. The Hall–Kier alpha value is -1.77. The summed E-state index contributed by atoms with van der Waals surface area (Å²) in [5.74, 6) is 1.86. The maximum absolute atomic E-state index is 12.0. The van der Waals surface area contributed by atoms with Gasteiger partial charge in [-0.1, -0.05) is 11.6 Å². The lowest BCUT2D eigenvalue weighted by atomic mass is 9.75. The Bertz CT molecular complexity index is 547. The highest BCUT2D eigenvalue weighted by molar-refractivity contribution is 5.80. The van der Waals surface area contributed by atoms with Crippen molar-refractivity contribution in [1.29, 1.82) is 0 Å². The van der Waals surface area contributed by atoms with E-state index in [-0.39, 0.29) is 17.6 Å². The minimum atomic E-state index is -0.000735. The van der Waals surface area contributed by atoms with Gasteiger partial charge in [0.1, 0.15) is 17.3 Å². The molecule has 3 nitrogen and oxygen atoms in total. The second-order valence-electron chi connectivity index (χ2n) is 5.88. The maximum atomic E-state index is 12.0. The van der Waals surface area contributed by atoms with Crippen molar-refractivity contribution in [2.45, 2.75) is 39.5 Å². The zero-order valence-electron chi connectivity index (χ0n) is 13.5. The molecule has 1 aliphatic rings. The molecule has 0 spiro atoms. The van der Waals surface area contributed by atoms with E-state index in [9.17, 15) is 4.79 Å². The first-order chi connectivity index (χ1) is 9.97. The van der Waals surface area contributed by atoms with Crippen LogP contribution in [0.15, 0.2) is 23.8 Å². The van der Waals surface area contributed by atoms with Crippen LogP contribution in [0.2, 0.25) is 0 Å². The van der Waals surface area contributed by atoms with Crippen LogP contribution in [0.25, 0.3) is 0 Å². The van der Waals surface area contributed by atoms with Crippen LogP contribution >= 0.6 is 0 Å². The molecule has 0 aromatic heterocycles. The molecule has 0 radical (unpaired) electrons. The molecule has 21 heavy (non-hydrogen) atoms. The van der Waals surface area contributed by atoms with Crippen LogP contribution in [0, 0.1) is 12.8 Å². The summed E-state index contributed by atoms with van der Waals surface area (Å²) in [7, 11) is 3.33. The zero-order valence-corrected chi connectivity index (χ0v) is 13.5. The van der Waals surface area contributed by atoms with Crippen LogP contribution in [0.4, 0.5) is 0 Å². The first-order valence-corrected chi connectivity index (χ1v) is 7.38. The predicted molar refractivity (Wildman–Crippen MR) is 84.2 cm³/mol. The average Bonchev–Trinajstić information content (AvgIpc) is 2.45. The molecule has 0 saturated heterocycles. The molecule has 1 unspecified atom stereocenters. The van der Waals surface area contributed by atoms with Gasteiger partial charge >= 0.3 is 0 Å². The number of aryl methyl sites for hydroxylation is 1. The first kappa shape index (κ1) is 15.6. The Labute approximate surface area is 127 Å². The third-order valence-corrected chi connectivity index (χ3v) is 4.29. The van der Waals surface area contributed by atoms with E-state index >= 15 is 0 Å². The van der Waals surface area contributed by atoms with E-state index in [0.29, 0.717) is 0 Å². The van der Waals surface area contributed by atoms with E-state index < -0.39 is 0 Å². The summed E-state index contributed by atoms with van der Waals surface area (Å²) in [6.45, 7) is 5.81. The number of rotatable bonds is 4. The number of methoxy groups -OCH3 is 2. The highest BCUT2D eigenvalue weighted by Gasteiger charge is 2.32. The van der Waals surface area contributed by atoms with Gasteiger partial charge < -0.3 is 9.47 Å². The van der Waals surface area contributed by atoms with E-state index in [2.05, 4.69) is 13.0 Å². The van der Waals surface area contributed by atoms with E-state index in [1.54, 1.807) is 21.1 Å². The predicted octanol–water partition coefficient (Wildman–Crippen LogP) is 4.04. The molecule has 2 rings (SSSR count). The smallest absolute Gasteiger partial charge is 0.133 e. The van der Waals surface area contributed by atoms with Crippen LogP contribution < -0.4 is 9.47 Å². The van der Waals surface area contributed by atoms with Gasteiger partial charge in [-0.25, -0.2) is 0 Å². The van der Waals surface area contributed by atoms with Gasteiger partial charge in [-0.2, -0.15) is 0 Å². The van der Waals surface area contributed by atoms with Crippen LogP contribution in [-0.4, -0.2) is 20.0 Å². The van der Waals surface area contributed by atoms with Crippen molar-refractivity contribution in [3.8, 4) is 11.5 Å². The molecule has 0 amide bonds. The number of hydrogen-bond donors (Lipinski definition) is 0. The number of carbonyl (C=O) groups excluding carboxylic acids is 1. The zero-order chi connectivity index (χ0) is 15.6. The fraction of sp³-hybridized carbons (Fsp3) is 0.500. The number of ether oxygens (including phenoxy) is 2. The number of ketones is 1. The van der Waals surface area contributed by atoms with Crippen molar-refractivity contribution < 1.29 is 14.3 Å². The molecule has 1 aromatic carbocycles. The minimum absolute atomic E-state index is 0.000735. The standard InChI is InChI=1S/C18H24O3/c1-11-6-7-14(13(3)19)15(8-11)18-16(20-4)9-12(2)10-17(18)21-5/h8-10,14-15H,6-7H2,1-5H3/t14?,15-/m0/s1. The lowest BCUT2D eigenvalue weighted by Crippen LogP contribution is -2.23. The quantitative estimate of drug-likeness (QED) is 0.784. The Kier molecular flexibility index (Phi) is 4.71. The van der Waals surface area contributed by atoms with E-state index in [1.807, 2.05) is 19.1 Å². The number of benzene rings is 1. The van der Waals surface area contributed by atoms with Crippen LogP contribution in [0.5, 0.6) is 11.5 Å². The van der Waals surface area contributed by atoms with Crippen molar-refractivity contribution in [3.05, 3.63) is 34.9 Å². The van der Waals surface area contributed by atoms with Crippen LogP contribution in [-0.2, 0) is 4.79 Å². The van der Waals surface area contributed by atoms with Gasteiger partial charge in [0.05, 0.1) is 14.2 Å². The number of hydrogen-bond acceptors (Lipinski definition) is 3. The molecule has 0 bridgehead atoms. The molecular weight excluding hydrogens is 264 g/mol. The average molecular weight is 288 g/mol. The summed E-state index contributed by atoms with van der Waals surface area (Å²) in [4.78, 5) is 12.0. The van der Waals surface area contributed by atoms with Gasteiger partial charge in [-0.05, 0) is 51.3 Å². The maximum Gasteiger partial charge on any atom is 0.133 e. The minimum Gasteiger partial charge on any atom is -0.496 e. The van der Waals surface area contributed by atoms with Crippen LogP contribution in [0.3, 0.4) is 0 Å². The van der Waals surface area contributed by atoms with Gasteiger partial charge in [0.25, 0.3) is 0 Å². The molecule has 0 saturated carbocycles. The summed E-state index contributed by atoms with van der Waals surface area (Å²) in [6, 6.07) is 4.01. The normalized spacial score (nSPS) is 21.7. The Morgan fingerprint density at radius 1 is 1.14 bits per heavy atom. The van der Waals surface area contributed by atoms with Gasteiger partial charge in [0, 0.05) is 17.4 Å². The Balaban J connectivity index is 2.61. The number of Topliss-reactive ketones (excluding diaryl/α,β-unsaturated/α-hetero) is 1. The number of allylic oxidation sites excluding steroid dienone is 2. The second kappa shape index (κ2) is 6.33. The van der Waals surface area contributed by atoms with Crippen molar-refractivity contribution in [2.75, 3.05) is 14.2 Å². The molecular formula is C18H24O3. The monoisotopic (exact) mass is 288 g/mol. The van der Waals surface area contributed by atoms with Crippen molar-refractivity contribution in [2.24, 2.45) is 5.92 Å². The first-order valence-electron chi connectivity index (χ1n) is 7.38. The molecule has 0 heterocycles. The summed E-state index contributed by atoms with van der Waals surface area (Å²) >= 11 is 0. The lowest BCUT2D eigenvalue weighted by Gasteiger charge is -2.30. The topological polar surface area (TPSA) is 35.5 Å². The summed E-state index contributed by atoms with van der Waals surface area (Å²) in [6.07, 6.45) is 4.07. The lowest BCUT2D eigenvalue weighted by molar-refractivity contribution is -0.121. The summed E-state index contributed by atoms with van der Waals surface area (Å²) in [5.41, 5.74) is 3.40. The van der Waals surface area contributed by atoms with E-state index in [1.165, 1.54) is 5.57 Å². The van der Waals surface area contributed by atoms with Gasteiger partial charge in [0.2, 0.25) is 0 Å². The van der Waals surface area contributed by atoms with Crippen molar-refractivity contribution >= 4 is 5.78 Å². The summed E-state index contributed by atoms with van der Waals surface area (Å²) in [5, 5.41) is 0. The van der Waals surface area contributed by atoms with Crippen molar-refractivity contribution in [1.82, 2.24) is 0 Å². The molecule has 1 aromatic rings. The highest BCUT2D eigenvalue weighted by Crippen LogP contribution is 2.45. The van der Waals surface area contributed by atoms with Gasteiger partial charge in [-0.15, -0.1) is 0 Å². The SMILES string of the molecule is COc1cc(C)cc(OC)c1[C@H]1C=C(C)CCC1C(C)=O. The highest BCUT2D eigenvalue weighted by atomic mass is 16.5. The third kappa shape index (κ3) is 3.12. The van der Waals surface area contributed by atoms with Crippen molar-refractivity contribution in [3.63, 3.8) is 0 Å². The second-order valence-corrected chi connectivity index (χ2v) is 5.88. The largest absolute Gasteiger partial charge is 0.496 e. The molecule has 0 aliphatic heterocycles. The Morgan fingerprint density at radius 2 is 1.71 bits per heavy atom. The molecule has 3 heteroatoms. The summed E-state index contributed by atoms with van der Waals surface area (Å²) < 4.78 is 11.1. The van der Waals surface area contributed by atoms with E-state index in [0.717, 1.165) is 35.5 Å². The number of carbonyl (C=O) groups is 1. The molecule has 1 aliphatic carbocycles. The molecule has 2 atom stereocenters. The molecule has 114 valence electrons. The van der Waals surface area contributed by atoms with E-state index in [4.69, 9.17) is 9.47 Å². The van der Waals surface area contributed by atoms with Crippen LogP contribution in [0.1, 0.15) is 43.7 Å². The fourth-order valence-electron chi connectivity index (χ4n) is 3.21.